The van der Waals surface area contributed by atoms with Crippen molar-refractivity contribution in [1.29, 1.82) is 0 Å². The summed E-state index contributed by atoms with van der Waals surface area (Å²) in [5, 5.41) is 7.28. The number of aryl methyl sites for hydroxylation is 1. The number of rotatable bonds is 4. The molecule has 3 nitrogen and oxygen atoms in total. The molecule has 0 fully saturated rings. The van der Waals surface area contributed by atoms with Crippen molar-refractivity contribution in [1.82, 2.24) is 0 Å². The van der Waals surface area contributed by atoms with E-state index in [9.17, 15) is 0 Å². The van der Waals surface area contributed by atoms with Gasteiger partial charge in [0.05, 0.1) is 23.1 Å². The van der Waals surface area contributed by atoms with Crippen LogP contribution < -0.4 is 9.91 Å². The van der Waals surface area contributed by atoms with Crippen molar-refractivity contribution in [3.8, 4) is 0 Å². The molecule has 31 heavy (non-hydrogen) atoms. The van der Waals surface area contributed by atoms with Crippen molar-refractivity contribution in [2.75, 3.05) is 9.91 Å². The summed E-state index contributed by atoms with van der Waals surface area (Å²) in [6.07, 6.45) is 0. The number of hydrazone groups is 1. The Hall–Kier alpha value is -3.85. The first kappa shape index (κ1) is 19.1. The second-order valence-electron chi connectivity index (χ2n) is 7.84. The predicted octanol–water partition coefficient (Wildman–Crippen LogP) is 7.08. The number of benzene rings is 4. The summed E-state index contributed by atoms with van der Waals surface area (Å²) >= 11 is 0. The van der Waals surface area contributed by atoms with Crippen LogP contribution in [0.5, 0.6) is 0 Å². The van der Waals surface area contributed by atoms with Gasteiger partial charge in [0.1, 0.15) is 0 Å². The predicted molar refractivity (Wildman–Crippen MR) is 130 cm³/mol. The average Bonchev–Trinajstić information content (AvgIpc) is 2.84. The first-order chi connectivity index (χ1) is 15.2. The molecule has 0 N–H and O–H groups in total. The number of hydrogen-bond acceptors (Lipinski definition) is 3. The molecule has 1 atom stereocenters. The van der Waals surface area contributed by atoms with Gasteiger partial charge in [-0.3, -0.25) is 0 Å². The van der Waals surface area contributed by atoms with Crippen LogP contribution >= 0.6 is 0 Å². The lowest BCUT2D eigenvalue weighted by molar-refractivity contribution is 0.775. The number of amidine groups is 1. The summed E-state index contributed by atoms with van der Waals surface area (Å²) in [6.45, 7) is 4.43. The Morgan fingerprint density at radius 3 is 1.97 bits per heavy atom. The Bertz CT molecular complexity index is 1200. The van der Waals surface area contributed by atoms with Crippen molar-refractivity contribution < 1.29 is 0 Å². The molecule has 3 heteroatoms. The molecule has 1 aliphatic heterocycles. The third kappa shape index (κ3) is 3.49. The molecule has 1 unspecified atom stereocenters. The second kappa shape index (κ2) is 8.11. The topological polar surface area (TPSA) is 18.8 Å². The van der Waals surface area contributed by atoms with Gasteiger partial charge in [-0.2, -0.15) is 0 Å². The normalized spacial score (nSPS) is 14.1. The van der Waals surface area contributed by atoms with Gasteiger partial charge in [-0.25, -0.2) is 5.01 Å². The largest absolute Gasteiger partial charge is 0.315 e. The minimum absolute atomic E-state index is 0.123. The molecule has 0 radical (unpaired) electrons. The van der Waals surface area contributed by atoms with Crippen molar-refractivity contribution in [2.45, 2.75) is 19.9 Å². The summed E-state index contributed by atoms with van der Waals surface area (Å²) in [5.74, 6) is 0.947. The van der Waals surface area contributed by atoms with Gasteiger partial charge in [0.15, 0.2) is 5.84 Å². The zero-order chi connectivity index (χ0) is 21.2. The maximum absolute atomic E-state index is 5.21. The third-order valence-electron chi connectivity index (χ3n) is 5.81. The standard InChI is InChI=1S/C28H25N3/c1-21-13-12-20-26-27(21)30(22(2)23-14-6-3-7-15-23)28(24-16-8-4-9-17-24)29-31(26)25-18-10-5-11-19-25/h3-20,22H,1-2H3. The van der Waals surface area contributed by atoms with Crippen LogP contribution in [0.25, 0.3) is 0 Å². The van der Waals surface area contributed by atoms with E-state index >= 15 is 0 Å². The van der Waals surface area contributed by atoms with E-state index in [1.54, 1.807) is 0 Å². The molecule has 0 bridgehead atoms. The highest BCUT2D eigenvalue weighted by Crippen LogP contribution is 2.44. The molecular formula is C28H25N3. The number of fused-ring (bicyclic) bond motifs is 1. The molecule has 0 saturated heterocycles. The van der Waals surface area contributed by atoms with Crippen LogP contribution in [-0.4, -0.2) is 5.84 Å². The van der Waals surface area contributed by atoms with Gasteiger partial charge < -0.3 is 4.90 Å². The molecule has 5 rings (SSSR count). The van der Waals surface area contributed by atoms with E-state index in [1.165, 1.54) is 16.8 Å². The smallest absolute Gasteiger partial charge is 0.161 e. The quantitative estimate of drug-likeness (QED) is 0.363. The van der Waals surface area contributed by atoms with Gasteiger partial charge in [-0.1, -0.05) is 91.0 Å². The highest BCUT2D eigenvalue weighted by atomic mass is 15.5. The second-order valence-corrected chi connectivity index (χ2v) is 7.84. The minimum atomic E-state index is 0.123. The molecule has 0 aliphatic carbocycles. The molecule has 1 heterocycles. The van der Waals surface area contributed by atoms with Crippen LogP contribution in [0.3, 0.4) is 0 Å². The number of anilines is 3. The summed E-state index contributed by atoms with van der Waals surface area (Å²) in [6, 6.07) is 38.0. The Morgan fingerprint density at radius 2 is 1.29 bits per heavy atom. The van der Waals surface area contributed by atoms with Crippen LogP contribution in [0.4, 0.5) is 17.1 Å². The molecular weight excluding hydrogens is 378 g/mol. The maximum Gasteiger partial charge on any atom is 0.161 e. The molecule has 152 valence electrons. The molecule has 1 aliphatic rings. The van der Waals surface area contributed by atoms with Gasteiger partial charge in [0, 0.05) is 5.56 Å². The van der Waals surface area contributed by atoms with Gasteiger partial charge in [0.25, 0.3) is 0 Å². The van der Waals surface area contributed by atoms with E-state index in [2.05, 4.69) is 121 Å². The Labute approximate surface area is 183 Å². The first-order valence-electron chi connectivity index (χ1n) is 10.7. The van der Waals surface area contributed by atoms with Crippen LogP contribution in [0, 0.1) is 6.92 Å². The monoisotopic (exact) mass is 403 g/mol. The number of para-hydroxylation sites is 2. The molecule has 4 aromatic rings. The first-order valence-corrected chi connectivity index (χ1v) is 10.7. The van der Waals surface area contributed by atoms with Gasteiger partial charge in [0.2, 0.25) is 0 Å². The summed E-state index contributed by atoms with van der Waals surface area (Å²) in [5.41, 5.74) is 6.91. The van der Waals surface area contributed by atoms with E-state index in [-0.39, 0.29) is 6.04 Å². The average molecular weight is 404 g/mol. The number of hydrogen-bond donors (Lipinski definition) is 0. The minimum Gasteiger partial charge on any atom is -0.315 e. The van der Waals surface area contributed by atoms with Gasteiger partial charge in [-0.15, -0.1) is 5.10 Å². The summed E-state index contributed by atoms with van der Waals surface area (Å²) in [4.78, 5) is 2.38. The van der Waals surface area contributed by atoms with Crippen LogP contribution in [0.1, 0.15) is 29.7 Å². The SMILES string of the molecule is Cc1cccc2c1N(C(C)c1ccccc1)C(c1ccccc1)=NN2c1ccccc1. The van der Waals surface area contributed by atoms with E-state index < -0.39 is 0 Å². The lowest BCUT2D eigenvalue weighted by Crippen LogP contribution is -2.40. The zero-order valence-electron chi connectivity index (χ0n) is 17.8. The molecule has 0 saturated carbocycles. The summed E-state index contributed by atoms with van der Waals surface area (Å²) in [7, 11) is 0. The van der Waals surface area contributed by atoms with Crippen molar-refractivity contribution in [3.05, 3.63) is 126 Å². The zero-order valence-corrected chi connectivity index (χ0v) is 17.8. The fraction of sp³-hybridized carbons (Fsp3) is 0.107. The molecule has 0 amide bonds. The van der Waals surface area contributed by atoms with Crippen molar-refractivity contribution >= 4 is 22.9 Å². The molecule has 0 spiro atoms. The van der Waals surface area contributed by atoms with Crippen LogP contribution in [0.15, 0.2) is 114 Å². The van der Waals surface area contributed by atoms with Gasteiger partial charge >= 0.3 is 0 Å². The Balaban J connectivity index is 1.76. The number of nitrogens with zero attached hydrogens (tertiary/aromatic N) is 3. The lowest BCUT2D eigenvalue weighted by atomic mass is 10.0. The fourth-order valence-corrected chi connectivity index (χ4v) is 4.24. The molecule has 4 aromatic carbocycles. The van der Waals surface area contributed by atoms with Gasteiger partial charge in [-0.05, 0) is 43.2 Å². The highest BCUT2D eigenvalue weighted by molar-refractivity contribution is 6.15. The van der Waals surface area contributed by atoms with Crippen LogP contribution in [-0.2, 0) is 0 Å². The maximum atomic E-state index is 5.21. The van der Waals surface area contributed by atoms with E-state index in [1.807, 2.05) is 12.1 Å². The lowest BCUT2D eigenvalue weighted by Gasteiger charge is -2.41. The fourth-order valence-electron chi connectivity index (χ4n) is 4.24. The van der Waals surface area contributed by atoms with Crippen LogP contribution in [0.2, 0.25) is 0 Å². The summed E-state index contributed by atoms with van der Waals surface area (Å²) < 4.78 is 0. The van der Waals surface area contributed by atoms with E-state index in [4.69, 9.17) is 5.10 Å². The van der Waals surface area contributed by atoms with E-state index in [0.29, 0.717) is 0 Å². The highest BCUT2D eigenvalue weighted by Gasteiger charge is 2.32. The Morgan fingerprint density at radius 1 is 0.677 bits per heavy atom. The molecule has 0 aromatic heterocycles. The van der Waals surface area contributed by atoms with Crippen molar-refractivity contribution in [3.63, 3.8) is 0 Å². The third-order valence-corrected chi connectivity index (χ3v) is 5.81. The Kier molecular flexibility index (Phi) is 5.01. The van der Waals surface area contributed by atoms with Crippen molar-refractivity contribution in [2.24, 2.45) is 5.10 Å². The van der Waals surface area contributed by atoms with E-state index in [0.717, 1.165) is 22.8 Å².